The largest absolute Gasteiger partial charge is 0.352 e. The molecule has 0 bridgehead atoms. The molecule has 0 radical (unpaired) electrons. The van der Waals surface area contributed by atoms with Gasteiger partial charge in [0.2, 0.25) is 5.91 Å². The Morgan fingerprint density at radius 2 is 2.05 bits per heavy atom. The fourth-order valence-corrected chi connectivity index (χ4v) is 2.37. The highest BCUT2D eigenvalue weighted by atomic mass is 35.5. The third-order valence-electron chi connectivity index (χ3n) is 3.86. The molecule has 1 unspecified atom stereocenters. The maximum absolute atomic E-state index is 12.0. The monoisotopic (exact) mass is 282 g/mol. The van der Waals surface area contributed by atoms with Gasteiger partial charge in [-0.1, -0.05) is 24.3 Å². The lowest BCUT2D eigenvalue weighted by atomic mass is 9.77. The highest BCUT2D eigenvalue weighted by Gasteiger charge is 2.40. The fourth-order valence-electron chi connectivity index (χ4n) is 2.37. The predicted octanol–water partition coefficient (Wildman–Crippen LogP) is 2.35. The van der Waals surface area contributed by atoms with E-state index in [-0.39, 0.29) is 24.4 Å². The van der Waals surface area contributed by atoms with Crippen molar-refractivity contribution in [2.45, 2.75) is 51.1 Å². The van der Waals surface area contributed by atoms with Gasteiger partial charge in [-0.2, -0.15) is 0 Å². The van der Waals surface area contributed by atoms with Gasteiger partial charge in [0.25, 0.3) is 0 Å². The summed E-state index contributed by atoms with van der Waals surface area (Å²) in [5, 5.41) is 3.03. The Kier molecular flexibility index (Phi) is 5.39. The number of hydrogen-bond donors (Lipinski definition) is 2. The molecule has 0 aliphatic heterocycles. The van der Waals surface area contributed by atoms with Crippen LogP contribution in [0.1, 0.15) is 37.3 Å². The van der Waals surface area contributed by atoms with E-state index >= 15 is 0 Å². The van der Waals surface area contributed by atoms with Crippen LogP contribution in [0.5, 0.6) is 0 Å². The number of nitrogens with two attached hydrogens (primary N) is 1. The van der Waals surface area contributed by atoms with E-state index in [9.17, 15) is 4.79 Å². The van der Waals surface area contributed by atoms with Gasteiger partial charge in [0.15, 0.2) is 0 Å². The summed E-state index contributed by atoms with van der Waals surface area (Å²) in [5.41, 5.74) is 7.96. The first kappa shape index (κ1) is 16.0. The Balaban J connectivity index is 0.00000180. The van der Waals surface area contributed by atoms with Crippen molar-refractivity contribution in [3.8, 4) is 0 Å². The summed E-state index contributed by atoms with van der Waals surface area (Å²) in [6.07, 6.45) is 3.55. The van der Waals surface area contributed by atoms with E-state index in [0.29, 0.717) is 0 Å². The summed E-state index contributed by atoms with van der Waals surface area (Å²) in [4.78, 5) is 12.0. The molecule has 3 N–H and O–H groups in total. The van der Waals surface area contributed by atoms with E-state index < -0.39 is 5.54 Å². The molecule has 0 heterocycles. The second-order valence-electron chi connectivity index (χ2n) is 5.51. The molecule has 1 atom stereocenters. The summed E-state index contributed by atoms with van der Waals surface area (Å²) in [5.74, 6) is 0.00911. The van der Waals surface area contributed by atoms with Crippen LogP contribution in [0.25, 0.3) is 0 Å². The Morgan fingerprint density at radius 3 is 2.58 bits per heavy atom. The fraction of sp³-hybridized carbons (Fsp3) is 0.533. The van der Waals surface area contributed by atoms with Gasteiger partial charge < -0.3 is 11.1 Å². The van der Waals surface area contributed by atoms with Gasteiger partial charge in [-0.15, -0.1) is 12.4 Å². The zero-order chi connectivity index (χ0) is 13.2. The molecule has 1 amide bonds. The summed E-state index contributed by atoms with van der Waals surface area (Å²) in [6, 6.07) is 8.40. The average Bonchev–Trinajstić information content (AvgIpc) is 2.29. The van der Waals surface area contributed by atoms with Gasteiger partial charge >= 0.3 is 0 Å². The van der Waals surface area contributed by atoms with Crippen LogP contribution in [-0.2, 0) is 11.2 Å². The van der Waals surface area contributed by atoms with E-state index in [2.05, 4.69) is 24.4 Å². The SMILES string of the molecule is Cc1ccccc1CC(C)NC(=O)C1(N)CCC1.Cl. The maximum Gasteiger partial charge on any atom is 0.240 e. The van der Waals surface area contributed by atoms with Gasteiger partial charge in [0.05, 0.1) is 5.54 Å². The summed E-state index contributed by atoms with van der Waals surface area (Å²) in [7, 11) is 0. The van der Waals surface area contributed by atoms with Crippen molar-refractivity contribution in [3.05, 3.63) is 35.4 Å². The smallest absolute Gasteiger partial charge is 0.240 e. The van der Waals surface area contributed by atoms with Gasteiger partial charge in [0, 0.05) is 6.04 Å². The van der Waals surface area contributed by atoms with E-state index in [1.807, 2.05) is 19.1 Å². The van der Waals surface area contributed by atoms with Crippen LogP contribution in [-0.4, -0.2) is 17.5 Å². The molecule has 106 valence electrons. The third kappa shape index (κ3) is 3.71. The second-order valence-corrected chi connectivity index (χ2v) is 5.51. The molecule has 0 spiro atoms. The zero-order valence-electron chi connectivity index (χ0n) is 11.6. The first-order chi connectivity index (χ1) is 8.51. The number of nitrogens with one attached hydrogen (secondary N) is 1. The highest BCUT2D eigenvalue weighted by molar-refractivity contribution is 5.87. The van der Waals surface area contributed by atoms with Crippen molar-refractivity contribution in [2.75, 3.05) is 0 Å². The third-order valence-corrected chi connectivity index (χ3v) is 3.86. The molecule has 1 fully saturated rings. The minimum absolute atomic E-state index is 0. The number of carbonyl (C=O) groups is 1. The first-order valence-corrected chi connectivity index (χ1v) is 6.66. The Bertz CT molecular complexity index is 444. The summed E-state index contributed by atoms with van der Waals surface area (Å²) < 4.78 is 0. The maximum atomic E-state index is 12.0. The van der Waals surface area contributed by atoms with Crippen LogP contribution in [0.2, 0.25) is 0 Å². The molecule has 1 aliphatic carbocycles. The zero-order valence-corrected chi connectivity index (χ0v) is 12.4. The predicted molar refractivity (Wildman–Crippen MR) is 80.5 cm³/mol. The van der Waals surface area contributed by atoms with Crippen molar-refractivity contribution in [1.82, 2.24) is 5.32 Å². The number of amides is 1. The molecular formula is C15H23ClN2O. The van der Waals surface area contributed by atoms with Crippen molar-refractivity contribution >= 4 is 18.3 Å². The number of halogens is 1. The van der Waals surface area contributed by atoms with E-state index in [1.165, 1.54) is 11.1 Å². The van der Waals surface area contributed by atoms with Crippen molar-refractivity contribution in [1.29, 1.82) is 0 Å². The van der Waals surface area contributed by atoms with Crippen LogP contribution >= 0.6 is 12.4 Å². The van der Waals surface area contributed by atoms with Gasteiger partial charge in [0.1, 0.15) is 0 Å². The molecule has 0 aromatic heterocycles. The lowest BCUT2D eigenvalue weighted by Gasteiger charge is -2.37. The van der Waals surface area contributed by atoms with Crippen LogP contribution in [0.4, 0.5) is 0 Å². The van der Waals surface area contributed by atoms with Crippen LogP contribution in [0, 0.1) is 6.92 Å². The lowest BCUT2D eigenvalue weighted by molar-refractivity contribution is -0.129. The molecule has 2 rings (SSSR count). The van der Waals surface area contributed by atoms with E-state index in [0.717, 1.165) is 25.7 Å². The molecular weight excluding hydrogens is 260 g/mol. The normalized spacial score (nSPS) is 17.8. The molecule has 4 heteroatoms. The standard InChI is InChI=1S/C15H22N2O.ClH/c1-11-6-3-4-7-13(11)10-12(2)17-14(18)15(16)8-5-9-15;/h3-4,6-7,12H,5,8-10,16H2,1-2H3,(H,17,18);1H. The summed E-state index contributed by atoms with van der Waals surface area (Å²) >= 11 is 0. The van der Waals surface area contributed by atoms with Crippen molar-refractivity contribution < 1.29 is 4.79 Å². The van der Waals surface area contributed by atoms with Gasteiger partial charge in [-0.25, -0.2) is 0 Å². The van der Waals surface area contributed by atoms with Crippen LogP contribution in [0.15, 0.2) is 24.3 Å². The van der Waals surface area contributed by atoms with Crippen LogP contribution < -0.4 is 11.1 Å². The number of carbonyl (C=O) groups excluding carboxylic acids is 1. The highest BCUT2D eigenvalue weighted by Crippen LogP contribution is 2.29. The number of hydrogen-bond acceptors (Lipinski definition) is 2. The molecule has 0 saturated heterocycles. The molecule has 1 saturated carbocycles. The first-order valence-electron chi connectivity index (χ1n) is 6.66. The minimum Gasteiger partial charge on any atom is -0.352 e. The molecule has 3 nitrogen and oxygen atoms in total. The molecule has 1 aromatic rings. The topological polar surface area (TPSA) is 55.1 Å². The average molecular weight is 283 g/mol. The quantitative estimate of drug-likeness (QED) is 0.891. The Morgan fingerprint density at radius 1 is 1.42 bits per heavy atom. The van der Waals surface area contributed by atoms with Crippen molar-refractivity contribution in [3.63, 3.8) is 0 Å². The molecule has 19 heavy (non-hydrogen) atoms. The molecule has 1 aromatic carbocycles. The van der Waals surface area contributed by atoms with E-state index in [4.69, 9.17) is 5.73 Å². The van der Waals surface area contributed by atoms with Crippen molar-refractivity contribution in [2.24, 2.45) is 5.73 Å². The minimum atomic E-state index is -0.597. The molecule has 1 aliphatic rings. The number of rotatable bonds is 4. The lowest BCUT2D eigenvalue weighted by Crippen LogP contribution is -2.60. The Labute approximate surface area is 121 Å². The second kappa shape index (κ2) is 6.40. The van der Waals surface area contributed by atoms with Gasteiger partial charge in [-0.3, -0.25) is 4.79 Å². The Hall–Kier alpha value is -1.06. The summed E-state index contributed by atoms with van der Waals surface area (Å²) in [6.45, 7) is 4.13. The van der Waals surface area contributed by atoms with E-state index in [1.54, 1.807) is 0 Å². The van der Waals surface area contributed by atoms with Gasteiger partial charge in [-0.05, 0) is 50.7 Å². The number of benzene rings is 1. The van der Waals surface area contributed by atoms with Crippen LogP contribution in [0.3, 0.4) is 0 Å². The number of aryl methyl sites for hydroxylation is 1.